The van der Waals surface area contributed by atoms with Crippen LogP contribution in [-0.4, -0.2) is 19.2 Å². The molecule has 0 saturated carbocycles. The summed E-state index contributed by atoms with van der Waals surface area (Å²) >= 11 is 1.65. The Kier molecular flexibility index (Phi) is 5.18. The Labute approximate surface area is 152 Å². The van der Waals surface area contributed by atoms with E-state index >= 15 is 0 Å². The molecule has 0 unspecified atom stereocenters. The fourth-order valence-corrected chi connectivity index (χ4v) is 3.73. The van der Waals surface area contributed by atoms with Gasteiger partial charge >= 0.3 is 6.03 Å². The van der Waals surface area contributed by atoms with Crippen molar-refractivity contribution in [2.75, 3.05) is 18.5 Å². The van der Waals surface area contributed by atoms with Gasteiger partial charge in [-0.15, -0.1) is 11.3 Å². The topological polar surface area (TPSA) is 59.6 Å². The van der Waals surface area contributed by atoms with E-state index in [9.17, 15) is 4.79 Å². The molecule has 0 aliphatic carbocycles. The monoisotopic (exact) mass is 360 g/mol. The third-order valence-electron chi connectivity index (χ3n) is 3.97. The highest BCUT2D eigenvalue weighted by molar-refractivity contribution is 7.10. The standard InChI is InChI=1S/C19H24N2O3S/c1-19(2,3)17(16-6-4-11-25-16)21-18(22)20-13-7-8-14-15(12-13)24-10-5-9-23-14/h4,6-8,11-12,17H,5,9-10H2,1-3H3,(H2,20,21,22)/t17-/m1/s1. The molecule has 0 spiro atoms. The van der Waals surface area contributed by atoms with Gasteiger partial charge in [-0.25, -0.2) is 4.79 Å². The molecule has 6 heteroatoms. The third-order valence-corrected chi connectivity index (χ3v) is 4.91. The third kappa shape index (κ3) is 4.45. The number of hydrogen-bond donors (Lipinski definition) is 2. The predicted molar refractivity (Wildman–Crippen MR) is 101 cm³/mol. The summed E-state index contributed by atoms with van der Waals surface area (Å²) in [4.78, 5) is 13.7. The minimum atomic E-state index is -0.234. The van der Waals surface area contributed by atoms with Crippen LogP contribution in [0.25, 0.3) is 0 Å². The zero-order chi connectivity index (χ0) is 17.9. The average Bonchev–Trinajstić information content (AvgIpc) is 2.97. The number of ether oxygens (including phenoxy) is 2. The Morgan fingerprint density at radius 2 is 1.92 bits per heavy atom. The van der Waals surface area contributed by atoms with Gasteiger partial charge in [0.25, 0.3) is 0 Å². The Bertz CT molecular complexity index is 723. The highest BCUT2D eigenvalue weighted by atomic mass is 32.1. The van der Waals surface area contributed by atoms with E-state index in [1.54, 1.807) is 17.4 Å². The van der Waals surface area contributed by atoms with Gasteiger partial charge in [-0.3, -0.25) is 0 Å². The molecule has 0 fully saturated rings. The van der Waals surface area contributed by atoms with E-state index in [0.29, 0.717) is 24.7 Å². The maximum absolute atomic E-state index is 12.5. The molecule has 2 aromatic rings. The molecule has 134 valence electrons. The Morgan fingerprint density at radius 3 is 2.60 bits per heavy atom. The largest absolute Gasteiger partial charge is 0.490 e. The minimum Gasteiger partial charge on any atom is -0.490 e. The number of hydrogen-bond acceptors (Lipinski definition) is 4. The van der Waals surface area contributed by atoms with E-state index in [2.05, 4.69) is 37.5 Å². The second kappa shape index (κ2) is 7.35. The molecular weight excluding hydrogens is 336 g/mol. The van der Waals surface area contributed by atoms with Gasteiger partial charge < -0.3 is 20.1 Å². The molecule has 0 bridgehead atoms. The summed E-state index contributed by atoms with van der Waals surface area (Å²) in [6, 6.07) is 9.21. The number of carbonyl (C=O) groups excluding carboxylic acids is 1. The molecule has 1 aliphatic heterocycles. The molecule has 5 nitrogen and oxygen atoms in total. The Balaban J connectivity index is 1.70. The summed E-state index contributed by atoms with van der Waals surface area (Å²) in [5.74, 6) is 1.38. The van der Waals surface area contributed by atoms with Gasteiger partial charge in [-0.05, 0) is 29.0 Å². The number of urea groups is 1. The fourth-order valence-electron chi connectivity index (χ4n) is 2.71. The summed E-state index contributed by atoms with van der Waals surface area (Å²) in [6.07, 6.45) is 0.853. The number of rotatable bonds is 3. The molecule has 2 heterocycles. The lowest BCUT2D eigenvalue weighted by atomic mass is 9.86. The summed E-state index contributed by atoms with van der Waals surface area (Å²) < 4.78 is 11.3. The molecule has 3 rings (SSSR count). The lowest BCUT2D eigenvalue weighted by Crippen LogP contribution is -2.38. The van der Waals surface area contributed by atoms with Gasteiger partial charge in [0.2, 0.25) is 0 Å². The number of fused-ring (bicyclic) bond motifs is 1. The van der Waals surface area contributed by atoms with Gasteiger partial charge in [0.15, 0.2) is 11.5 Å². The molecule has 1 aromatic carbocycles. The molecule has 2 N–H and O–H groups in total. The van der Waals surface area contributed by atoms with E-state index in [4.69, 9.17) is 9.47 Å². The smallest absolute Gasteiger partial charge is 0.319 e. The number of benzene rings is 1. The van der Waals surface area contributed by atoms with Crippen molar-refractivity contribution in [2.45, 2.75) is 33.2 Å². The predicted octanol–water partition coefficient (Wildman–Crippen LogP) is 4.82. The van der Waals surface area contributed by atoms with Crippen LogP contribution in [0.4, 0.5) is 10.5 Å². The summed E-state index contributed by atoms with van der Waals surface area (Å²) in [5, 5.41) is 8.01. The van der Waals surface area contributed by atoms with Crippen molar-refractivity contribution in [1.29, 1.82) is 0 Å². The average molecular weight is 360 g/mol. The van der Waals surface area contributed by atoms with Gasteiger partial charge in [0, 0.05) is 23.1 Å². The van der Waals surface area contributed by atoms with Crippen LogP contribution >= 0.6 is 11.3 Å². The molecule has 2 amide bonds. The van der Waals surface area contributed by atoms with Gasteiger partial charge in [0.1, 0.15) is 0 Å². The summed E-state index contributed by atoms with van der Waals surface area (Å²) in [5.41, 5.74) is 0.591. The van der Waals surface area contributed by atoms with E-state index < -0.39 is 0 Å². The fraction of sp³-hybridized carbons (Fsp3) is 0.421. The van der Waals surface area contributed by atoms with E-state index in [1.807, 2.05) is 23.6 Å². The van der Waals surface area contributed by atoms with Crippen LogP contribution in [0, 0.1) is 5.41 Å². The van der Waals surface area contributed by atoms with Crippen LogP contribution in [0.2, 0.25) is 0 Å². The van der Waals surface area contributed by atoms with Crippen molar-refractivity contribution in [3.8, 4) is 11.5 Å². The Morgan fingerprint density at radius 1 is 1.16 bits per heavy atom. The van der Waals surface area contributed by atoms with Crippen molar-refractivity contribution in [1.82, 2.24) is 5.32 Å². The quantitative estimate of drug-likeness (QED) is 0.825. The first-order valence-electron chi connectivity index (χ1n) is 8.44. The number of anilines is 1. The van der Waals surface area contributed by atoms with Crippen LogP contribution in [-0.2, 0) is 0 Å². The van der Waals surface area contributed by atoms with E-state index in [1.165, 1.54) is 0 Å². The van der Waals surface area contributed by atoms with Crippen LogP contribution in [0.5, 0.6) is 11.5 Å². The van der Waals surface area contributed by atoms with Crippen molar-refractivity contribution < 1.29 is 14.3 Å². The maximum Gasteiger partial charge on any atom is 0.319 e. The number of nitrogens with one attached hydrogen (secondary N) is 2. The minimum absolute atomic E-state index is 0.0621. The molecule has 25 heavy (non-hydrogen) atoms. The van der Waals surface area contributed by atoms with Gasteiger partial charge in [-0.2, -0.15) is 0 Å². The first kappa shape index (κ1) is 17.6. The molecule has 1 aromatic heterocycles. The number of thiophene rings is 1. The first-order valence-corrected chi connectivity index (χ1v) is 9.32. The van der Waals surface area contributed by atoms with Crippen LogP contribution < -0.4 is 20.1 Å². The second-order valence-electron chi connectivity index (χ2n) is 7.12. The number of carbonyl (C=O) groups is 1. The normalized spacial score (nSPS) is 15.2. The summed E-state index contributed by atoms with van der Waals surface area (Å²) in [6.45, 7) is 7.61. The molecule has 0 saturated heterocycles. The van der Waals surface area contributed by atoms with Gasteiger partial charge in [-0.1, -0.05) is 26.8 Å². The number of amides is 2. The highest BCUT2D eigenvalue weighted by Gasteiger charge is 2.28. The van der Waals surface area contributed by atoms with Crippen molar-refractivity contribution in [2.24, 2.45) is 5.41 Å². The molecular formula is C19H24N2O3S. The highest BCUT2D eigenvalue weighted by Crippen LogP contribution is 2.35. The van der Waals surface area contributed by atoms with Crippen LogP contribution in [0.3, 0.4) is 0 Å². The SMILES string of the molecule is CC(C)(C)[C@H](NC(=O)Nc1ccc2c(c1)OCCCO2)c1cccs1. The van der Waals surface area contributed by atoms with Crippen LogP contribution in [0.15, 0.2) is 35.7 Å². The van der Waals surface area contributed by atoms with Crippen molar-refractivity contribution in [3.05, 3.63) is 40.6 Å². The molecule has 1 aliphatic rings. The lowest BCUT2D eigenvalue weighted by Gasteiger charge is -2.30. The second-order valence-corrected chi connectivity index (χ2v) is 8.10. The molecule has 1 atom stereocenters. The van der Waals surface area contributed by atoms with Crippen LogP contribution in [0.1, 0.15) is 38.1 Å². The maximum atomic E-state index is 12.5. The van der Waals surface area contributed by atoms with E-state index in [0.717, 1.165) is 17.0 Å². The Hall–Kier alpha value is -2.21. The summed E-state index contributed by atoms with van der Waals surface area (Å²) in [7, 11) is 0. The lowest BCUT2D eigenvalue weighted by molar-refractivity contribution is 0.230. The zero-order valence-electron chi connectivity index (χ0n) is 14.8. The van der Waals surface area contributed by atoms with E-state index in [-0.39, 0.29) is 17.5 Å². The zero-order valence-corrected chi connectivity index (χ0v) is 15.6. The van der Waals surface area contributed by atoms with Crippen molar-refractivity contribution >= 4 is 23.1 Å². The first-order chi connectivity index (χ1) is 11.9. The van der Waals surface area contributed by atoms with Crippen molar-refractivity contribution in [3.63, 3.8) is 0 Å². The van der Waals surface area contributed by atoms with Gasteiger partial charge in [0.05, 0.1) is 19.3 Å². The molecule has 0 radical (unpaired) electrons.